The molecule has 1 heterocycles. The highest BCUT2D eigenvalue weighted by molar-refractivity contribution is 7.92. The van der Waals surface area contributed by atoms with Crippen molar-refractivity contribution in [3.63, 3.8) is 0 Å². The van der Waals surface area contributed by atoms with Crippen LogP contribution in [0.2, 0.25) is 0 Å². The van der Waals surface area contributed by atoms with Crippen molar-refractivity contribution in [2.24, 2.45) is 0 Å². The first-order chi connectivity index (χ1) is 16.3. The highest BCUT2D eigenvalue weighted by Crippen LogP contribution is 2.34. The number of fused-ring (bicyclic) bond motifs is 1. The molecule has 176 valence electrons. The molecule has 0 atom stereocenters. The molecule has 2 N–H and O–H groups in total. The van der Waals surface area contributed by atoms with Gasteiger partial charge < -0.3 is 24.3 Å². The zero-order valence-electron chi connectivity index (χ0n) is 17.9. The van der Waals surface area contributed by atoms with Crippen LogP contribution in [0, 0.1) is 0 Å². The molecule has 1 amide bonds. The zero-order chi connectivity index (χ0) is 24.1. The minimum atomic E-state index is -3.97. The molecule has 0 fully saturated rings. The molecule has 34 heavy (non-hydrogen) atoms. The molecule has 0 unspecified atom stereocenters. The summed E-state index contributed by atoms with van der Waals surface area (Å²) >= 11 is 0. The SMILES string of the molecule is COc1ccc(NS(=O)(=O)c2cccc(C(=O)OCC(=O)Nc3ccc4c(c3)OCO4)c2)cc1. The van der Waals surface area contributed by atoms with Crippen LogP contribution in [0.3, 0.4) is 0 Å². The second-order valence-corrected chi connectivity index (χ2v) is 8.74. The lowest BCUT2D eigenvalue weighted by molar-refractivity contribution is -0.119. The second-order valence-electron chi connectivity index (χ2n) is 7.05. The smallest absolute Gasteiger partial charge is 0.338 e. The lowest BCUT2D eigenvalue weighted by Gasteiger charge is -2.10. The van der Waals surface area contributed by atoms with Crippen LogP contribution >= 0.6 is 0 Å². The summed E-state index contributed by atoms with van der Waals surface area (Å²) in [5.41, 5.74) is 0.755. The third kappa shape index (κ3) is 5.38. The average Bonchev–Trinajstić information content (AvgIpc) is 3.31. The van der Waals surface area contributed by atoms with E-state index >= 15 is 0 Å². The number of hydrogen-bond acceptors (Lipinski definition) is 8. The van der Waals surface area contributed by atoms with Crippen LogP contribution in [0.4, 0.5) is 11.4 Å². The van der Waals surface area contributed by atoms with Crippen LogP contribution in [0.15, 0.2) is 71.6 Å². The van der Waals surface area contributed by atoms with E-state index in [9.17, 15) is 18.0 Å². The Bertz CT molecular complexity index is 1320. The van der Waals surface area contributed by atoms with Crippen LogP contribution in [-0.2, 0) is 19.6 Å². The molecule has 0 aromatic heterocycles. The Morgan fingerprint density at radius 3 is 2.44 bits per heavy atom. The monoisotopic (exact) mass is 484 g/mol. The molecular formula is C23H20N2O8S. The molecule has 1 aliphatic rings. The summed E-state index contributed by atoms with van der Waals surface area (Å²) in [6.07, 6.45) is 0. The molecule has 10 nitrogen and oxygen atoms in total. The summed E-state index contributed by atoms with van der Waals surface area (Å²) in [4.78, 5) is 24.4. The maximum absolute atomic E-state index is 12.7. The van der Waals surface area contributed by atoms with E-state index in [0.29, 0.717) is 28.6 Å². The van der Waals surface area contributed by atoms with E-state index in [1.807, 2.05) is 0 Å². The molecule has 4 rings (SSSR count). The van der Waals surface area contributed by atoms with Gasteiger partial charge in [0.15, 0.2) is 18.1 Å². The lowest BCUT2D eigenvalue weighted by atomic mass is 10.2. The highest BCUT2D eigenvalue weighted by atomic mass is 32.2. The number of benzene rings is 3. The fraction of sp³-hybridized carbons (Fsp3) is 0.130. The molecule has 1 aliphatic heterocycles. The van der Waals surface area contributed by atoms with Gasteiger partial charge in [-0.3, -0.25) is 9.52 Å². The summed E-state index contributed by atoms with van der Waals surface area (Å²) < 4.78 is 48.4. The molecule has 0 radical (unpaired) electrons. The number of ether oxygens (including phenoxy) is 4. The highest BCUT2D eigenvalue weighted by Gasteiger charge is 2.19. The molecule has 3 aromatic rings. The van der Waals surface area contributed by atoms with Crippen molar-refractivity contribution in [1.29, 1.82) is 0 Å². The topological polar surface area (TPSA) is 129 Å². The predicted molar refractivity (Wildman–Crippen MR) is 122 cm³/mol. The van der Waals surface area contributed by atoms with E-state index in [1.54, 1.807) is 42.5 Å². The Kier molecular flexibility index (Phi) is 6.55. The molecule has 0 bridgehead atoms. The van der Waals surface area contributed by atoms with Gasteiger partial charge in [-0.15, -0.1) is 0 Å². The summed E-state index contributed by atoms with van der Waals surface area (Å²) in [5, 5.41) is 2.58. The fourth-order valence-electron chi connectivity index (χ4n) is 3.05. The Hall–Kier alpha value is -4.25. The van der Waals surface area contributed by atoms with E-state index in [4.69, 9.17) is 18.9 Å². The van der Waals surface area contributed by atoms with Crippen molar-refractivity contribution < 1.29 is 37.0 Å². The van der Waals surface area contributed by atoms with Gasteiger partial charge in [0.25, 0.3) is 15.9 Å². The van der Waals surface area contributed by atoms with Crippen molar-refractivity contribution >= 4 is 33.3 Å². The predicted octanol–water partition coefficient (Wildman–Crippen LogP) is 3.02. The van der Waals surface area contributed by atoms with Gasteiger partial charge in [-0.1, -0.05) is 6.07 Å². The van der Waals surface area contributed by atoms with Gasteiger partial charge in [-0.2, -0.15) is 0 Å². The first-order valence-electron chi connectivity index (χ1n) is 9.97. The van der Waals surface area contributed by atoms with Crippen LogP contribution < -0.4 is 24.2 Å². The Morgan fingerprint density at radius 2 is 1.68 bits per heavy atom. The van der Waals surface area contributed by atoms with Gasteiger partial charge in [0.2, 0.25) is 6.79 Å². The third-order valence-corrected chi connectivity index (χ3v) is 6.09. The Morgan fingerprint density at radius 1 is 0.941 bits per heavy atom. The standard InChI is InChI=1S/C23H20N2O8S/c1-30-18-8-5-16(6-9-18)25-34(28,29)19-4-2-3-15(11-19)23(27)31-13-22(26)24-17-7-10-20-21(12-17)33-14-32-20/h2-12,25H,13-14H2,1H3,(H,24,26). The van der Waals surface area contributed by atoms with Crippen LogP contribution in [0.5, 0.6) is 17.2 Å². The maximum atomic E-state index is 12.7. The van der Waals surface area contributed by atoms with Crippen LogP contribution in [-0.4, -0.2) is 40.8 Å². The van der Waals surface area contributed by atoms with Crippen LogP contribution in [0.25, 0.3) is 0 Å². The minimum absolute atomic E-state index is 0.0199. The zero-order valence-corrected chi connectivity index (χ0v) is 18.8. The molecule has 0 saturated heterocycles. The van der Waals surface area contributed by atoms with Gasteiger partial charge in [-0.05, 0) is 54.6 Å². The number of nitrogens with one attached hydrogen (secondary N) is 2. The molecular weight excluding hydrogens is 464 g/mol. The number of hydrogen-bond donors (Lipinski definition) is 2. The van der Waals surface area contributed by atoms with Crippen molar-refractivity contribution in [3.8, 4) is 17.2 Å². The second kappa shape index (κ2) is 9.71. The number of rotatable bonds is 8. The fourth-order valence-corrected chi connectivity index (χ4v) is 4.15. The summed E-state index contributed by atoms with van der Waals surface area (Å²) in [5.74, 6) is 0.228. The number of methoxy groups -OCH3 is 1. The first kappa shape index (κ1) is 22.9. The van der Waals surface area contributed by atoms with Gasteiger partial charge in [0.05, 0.1) is 17.6 Å². The summed E-state index contributed by atoms with van der Waals surface area (Å²) in [6, 6.07) is 16.5. The molecule has 0 saturated carbocycles. The molecule has 11 heteroatoms. The van der Waals surface area contributed by atoms with E-state index < -0.39 is 28.5 Å². The van der Waals surface area contributed by atoms with Gasteiger partial charge in [0.1, 0.15) is 5.75 Å². The summed E-state index contributed by atoms with van der Waals surface area (Å²) in [6.45, 7) is -0.455. The molecule has 0 aliphatic carbocycles. The van der Waals surface area contributed by atoms with Crippen molar-refractivity contribution in [1.82, 2.24) is 0 Å². The van der Waals surface area contributed by atoms with Crippen molar-refractivity contribution in [3.05, 3.63) is 72.3 Å². The lowest BCUT2D eigenvalue weighted by Crippen LogP contribution is -2.21. The van der Waals surface area contributed by atoms with E-state index in [1.165, 1.54) is 31.4 Å². The number of amides is 1. The van der Waals surface area contributed by atoms with Gasteiger partial charge >= 0.3 is 5.97 Å². The minimum Gasteiger partial charge on any atom is -0.497 e. The van der Waals surface area contributed by atoms with E-state index in [-0.39, 0.29) is 17.3 Å². The van der Waals surface area contributed by atoms with Crippen molar-refractivity contribution in [2.75, 3.05) is 30.5 Å². The number of anilines is 2. The normalized spacial score (nSPS) is 12.0. The number of esters is 1. The van der Waals surface area contributed by atoms with Gasteiger partial charge in [0, 0.05) is 17.4 Å². The van der Waals surface area contributed by atoms with Crippen molar-refractivity contribution in [2.45, 2.75) is 4.90 Å². The number of sulfonamides is 1. The quantitative estimate of drug-likeness (QED) is 0.467. The van der Waals surface area contributed by atoms with E-state index in [0.717, 1.165) is 0 Å². The van der Waals surface area contributed by atoms with E-state index in [2.05, 4.69) is 10.0 Å². The largest absolute Gasteiger partial charge is 0.497 e. The number of carbonyl (C=O) groups is 2. The first-order valence-corrected chi connectivity index (χ1v) is 11.5. The third-order valence-electron chi connectivity index (χ3n) is 4.71. The van der Waals surface area contributed by atoms with Crippen LogP contribution in [0.1, 0.15) is 10.4 Å². The number of carbonyl (C=O) groups excluding carboxylic acids is 2. The summed E-state index contributed by atoms with van der Waals surface area (Å²) in [7, 11) is -2.46. The Balaban J connectivity index is 1.36. The molecule has 3 aromatic carbocycles. The van der Waals surface area contributed by atoms with Gasteiger partial charge in [-0.25, -0.2) is 13.2 Å². The Labute approximate surface area is 195 Å². The molecule has 0 spiro atoms. The average molecular weight is 484 g/mol. The maximum Gasteiger partial charge on any atom is 0.338 e.